The molecule has 1 aromatic carbocycles. The van der Waals surface area contributed by atoms with Gasteiger partial charge in [0.2, 0.25) is 5.91 Å². The molecule has 0 fully saturated rings. The van der Waals surface area contributed by atoms with Crippen LogP contribution in [-0.4, -0.2) is 34.1 Å². The number of nitrogens with zero attached hydrogens (tertiary/aromatic N) is 3. The molecule has 3 amide bonds. The molecule has 152 valence electrons. The van der Waals surface area contributed by atoms with E-state index in [0.717, 1.165) is 48.6 Å². The number of nitrogens with one attached hydrogen (secondary N) is 1. The third kappa shape index (κ3) is 3.23. The van der Waals surface area contributed by atoms with E-state index in [1.807, 2.05) is 0 Å². The van der Waals surface area contributed by atoms with Gasteiger partial charge in [0.1, 0.15) is 23.2 Å². The minimum absolute atomic E-state index is 0.0949. The van der Waals surface area contributed by atoms with Gasteiger partial charge in [-0.3, -0.25) is 29.4 Å². The molecule has 0 radical (unpaired) electrons. The van der Waals surface area contributed by atoms with Crippen LogP contribution < -0.4 is 5.32 Å². The summed E-state index contributed by atoms with van der Waals surface area (Å²) in [7, 11) is 0. The standard InChI is InChI=1S/C20H16N4O5S/c21-9-13-11-5-2-1-3-8-15(11)30-18(13)22-16(25)10-23-19(26)12-6-4-7-14(24(28)29)17(12)20(23)27/h4,6-7H,1-3,5,8,10H2,(H,22,25). The van der Waals surface area contributed by atoms with Gasteiger partial charge in [-0.1, -0.05) is 12.5 Å². The second-order valence-corrected chi connectivity index (χ2v) is 8.19. The van der Waals surface area contributed by atoms with Gasteiger partial charge in [0.05, 0.1) is 16.1 Å². The number of hydrogen-bond donors (Lipinski definition) is 1. The Kier molecular flexibility index (Phi) is 5.05. The highest BCUT2D eigenvalue weighted by molar-refractivity contribution is 7.16. The molecule has 2 aromatic rings. The number of imide groups is 1. The van der Waals surface area contributed by atoms with Crippen LogP contribution in [0.2, 0.25) is 0 Å². The minimum atomic E-state index is -0.875. The summed E-state index contributed by atoms with van der Waals surface area (Å²) < 4.78 is 0. The SMILES string of the molecule is N#Cc1c(NC(=O)CN2C(=O)c3cccc([N+](=O)[O-])c3C2=O)sc2c1CCCCC2. The molecule has 1 aliphatic heterocycles. The number of hydrogen-bond acceptors (Lipinski definition) is 7. The summed E-state index contributed by atoms with van der Waals surface area (Å²) in [5.74, 6) is -2.27. The molecule has 2 heterocycles. The number of thiophene rings is 1. The van der Waals surface area contributed by atoms with Crippen LogP contribution >= 0.6 is 11.3 Å². The first-order valence-corrected chi connectivity index (χ1v) is 10.2. The lowest BCUT2D eigenvalue weighted by molar-refractivity contribution is -0.385. The fraction of sp³-hybridized carbons (Fsp3) is 0.300. The number of nitro groups is 1. The van der Waals surface area contributed by atoms with Crippen molar-refractivity contribution < 1.29 is 19.3 Å². The highest BCUT2D eigenvalue weighted by Crippen LogP contribution is 2.37. The third-order valence-electron chi connectivity index (χ3n) is 5.26. The number of benzene rings is 1. The number of rotatable bonds is 4. The lowest BCUT2D eigenvalue weighted by Crippen LogP contribution is -2.37. The number of anilines is 1. The summed E-state index contributed by atoms with van der Waals surface area (Å²) in [4.78, 5) is 50.0. The van der Waals surface area contributed by atoms with Crippen molar-refractivity contribution in [3.05, 3.63) is 55.4 Å². The van der Waals surface area contributed by atoms with Gasteiger partial charge in [0.15, 0.2) is 0 Å². The number of nitriles is 1. The first-order valence-electron chi connectivity index (χ1n) is 9.40. The zero-order valence-corrected chi connectivity index (χ0v) is 16.6. The Balaban J connectivity index is 1.55. The Morgan fingerprint density at radius 3 is 2.73 bits per heavy atom. The van der Waals surface area contributed by atoms with Crippen LogP contribution in [0.4, 0.5) is 10.7 Å². The third-order valence-corrected chi connectivity index (χ3v) is 6.47. The largest absolute Gasteiger partial charge is 0.315 e. The van der Waals surface area contributed by atoms with Crippen molar-refractivity contribution in [2.45, 2.75) is 32.1 Å². The molecule has 30 heavy (non-hydrogen) atoms. The van der Waals surface area contributed by atoms with E-state index in [1.165, 1.54) is 23.5 Å². The van der Waals surface area contributed by atoms with Crippen molar-refractivity contribution in [3.8, 4) is 6.07 Å². The molecule has 10 heteroatoms. The van der Waals surface area contributed by atoms with Gasteiger partial charge in [-0.05, 0) is 37.3 Å². The van der Waals surface area contributed by atoms with Crippen LogP contribution in [-0.2, 0) is 17.6 Å². The second-order valence-electron chi connectivity index (χ2n) is 7.08. The molecule has 1 aromatic heterocycles. The monoisotopic (exact) mass is 424 g/mol. The molecule has 0 atom stereocenters. The van der Waals surface area contributed by atoms with Gasteiger partial charge in [-0.15, -0.1) is 11.3 Å². The van der Waals surface area contributed by atoms with Crippen molar-refractivity contribution >= 4 is 39.7 Å². The van der Waals surface area contributed by atoms with Crippen LogP contribution in [0, 0.1) is 21.4 Å². The second kappa shape index (κ2) is 7.68. The number of carbonyl (C=O) groups is 3. The summed E-state index contributed by atoms with van der Waals surface area (Å²) in [5.41, 5.74) is 0.529. The molecule has 0 saturated heterocycles. The summed E-state index contributed by atoms with van der Waals surface area (Å²) in [6.45, 7) is -0.586. The molecular weight excluding hydrogens is 408 g/mol. The smallest absolute Gasteiger partial charge is 0.282 e. The number of fused-ring (bicyclic) bond motifs is 2. The van der Waals surface area contributed by atoms with E-state index in [1.54, 1.807) is 0 Å². The number of carbonyl (C=O) groups excluding carboxylic acids is 3. The molecule has 2 aliphatic rings. The van der Waals surface area contributed by atoms with Crippen LogP contribution in [0.25, 0.3) is 0 Å². The number of aryl methyl sites for hydroxylation is 1. The predicted octanol–water partition coefficient (Wildman–Crippen LogP) is 3.03. The fourth-order valence-electron chi connectivity index (χ4n) is 3.87. The molecule has 1 aliphatic carbocycles. The van der Waals surface area contributed by atoms with E-state index in [2.05, 4.69) is 11.4 Å². The average Bonchev–Trinajstić information content (AvgIpc) is 3.04. The predicted molar refractivity (Wildman–Crippen MR) is 107 cm³/mol. The lowest BCUT2D eigenvalue weighted by atomic mass is 10.1. The Labute approximate surface area is 175 Å². The van der Waals surface area contributed by atoms with Gasteiger partial charge in [0, 0.05) is 10.9 Å². The van der Waals surface area contributed by atoms with E-state index >= 15 is 0 Å². The maximum Gasteiger partial charge on any atom is 0.282 e. The summed E-state index contributed by atoms with van der Waals surface area (Å²) in [6.07, 6.45) is 4.75. The fourth-order valence-corrected chi connectivity index (χ4v) is 5.13. The van der Waals surface area contributed by atoms with Crippen molar-refractivity contribution in [1.82, 2.24) is 4.90 Å². The molecule has 0 unspecified atom stereocenters. The Morgan fingerprint density at radius 2 is 2.00 bits per heavy atom. The van der Waals surface area contributed by atoms with Gasteiger partial charge >= 0.3 is 0 Å². The van der Waals surface area contributed by atoms with Crippen LogP contribution in [0.5, 0.6) is 0 Å². The highest BCUT2D eigenvalue weighted by atomic mass is 32.1. The number of nitro benzene ring substituents is 1. The maximum absolute atomic E-state index is 12.6. The van der Waals surface area contributed by atoms with Gasteiger partial charge in [-0.25, -0.2) is 0 Å². The summed E-state index contributed by atoms with van der Waals surface area (Å²) in [6, 6.07) is 5.95. The molecule has 0 saturated carbocycles. The molecule has 1 N–H and O–H groups in total. The summed E-state index contributed by atoms with van der Waals surface area (Å²) in [5, 5.41) is 23.8. The van der Waals surface area contributed by atoms with Crippen LogP contribution in [0.15, 0.2) is 18.2 Å². The molecule has 0 spiro atoms. The van der Waals surface area contributed by atoms with E-state index in [0.29, 0.717) is 15.5 Å². The Morgan fingerprint density at radius 1 is 1.23 bits per heavy atom. The van der Waals surface area contributed by atoms with Crippen LogP contribution in [0.1, 0.15) is 56.0 Å². The quantitative estimate of drug-likeness (QED) is 0.347. The zero-order valence-electron chi connectivity index (χ0n) is 15.8. The van der Waals surface area contributed by atoms with E-state index in [-0.39, 0.29) is 11.1 Å². The van der Waals surface area contributed by atoms with Crippen molar-refractivity contribution in [2.75, 3.05) is 11.9 Å². The Bertz CT molecular complexity index is 1150. The average molecular weight is 424 g/mol. The topological polar surface area (TPSA) is 133 Å². The van der Waals surface area contributed by atoms with Gasteiger partial charge < -0.3 is 5.32 Å². The van der Waals surface area contributed by atoms with Crippen molar-refractivity contribution in [2.24, 2.45) is 0 Å². The highest BCUT2D eigenvalue weighted by Gasteiger charge is 2.41. The van der Waals surface area contributed by atoms with Crippen LogP contribution in [0.3, 0.4) is 0 Å². The first kappa shape index (κ1) is 19.7. The zero-order chi connectivity index (χ0) is 21.4. The van der Waals surface area contributed by atoms with Gasteiger partial charge in [-0.2, -0.15) is 5.26 Å². The lowest BCUT2D eigenvalue weighted by Gasteiger charge is -2.13. The maximum atomic E-state index is 12.6. The van der Waals surface area contributed by atoms with E-state index in [4.69, 9.17) is 0 Å². The first-order chi connectivity index (χ1) is 14.4. The molecular formula is C20H16N4O5S. The normalized spacial score (nSPS) is 15.2. The Hall–Kier alpha value is -3.58. The van der Waals surface area contributed by atoms with E-state index < -0.39 is 34.9 Å². The van der Waals surface area contributed by atoms with E-state index in [9.17, 15) is 29.8 Å². The molecule has 9 nitrogen and oxygen atoms in total. The number of amides is 3. The van der Waals surface area contributed by atoms with Gasteiger partial charge in [0.25, 0.3) is 17.5 Å². The molecule has 0 bridgehead atoms. The summed E-state index contributed by atoms with van der Waals surface area (Å²) >= 11 is 1.35. The van der Waals surface area contributed by atoms with Crippen molar-refractivity contribution in [1.29, 1.82) is 5.26 Å². The molecule has 4 rings (SSSR count). The minimum Gasteiger partial charge on any atom is -0.315 e. The van der Waals surface area contributed by atoms with Crippen molar-refractivity contribution in [3.63, 3.8) is 0 Å².